The van der Waals surface area contributed by atoms with Gasteiger partial charge in [0.1, 0.15) is 24.4 Å². The molecule has 30 heavy (non-hydrogen) atoms. The molecule has 5 rings (SSSR count). The molecule has 4 heterocycles. The quantitative estimate of drug-likeness (QED) is 0.510. The third-order valence-corrected chi connectivity index (χ3v) is 5.98. The normalized spacial score (nSPS) is 31.7. The highest BCUT2D eigenvalue weighted by atomic mass is 16.7. The van der Waals surface area contributed by atoms with Crippen LogP contribution in [0.3, 0.4) is 0 Å². The van der Waals surface area contributed by atoms with Crippen molar-refractivity contribution in [3.63, 3.8) is 0 Å². The molecule has 3 aromatic rings. The summed E-state index contributed by atoms with van der Waals surface area (Å²) in [6, 6.07) is 10.0. The first kappa shape index (κ1) is 19.7. The van der Waals surface area contributed by atoms with Gasteiger partial charge in [-0.3, -0.25) is 5.10 Å². The summed E-state index contributed by atoms with van der Waals surface area (Å²) in [7, 11) is 0. The van der Waals surface area contributed by atoms with Crippen molar-refractivity contribution in [3.05, 3.63) is 42.2 Å². The maximum atomic E-state index is 10.7. The summed E-state index contributed by atoms with van der Waals surface area (Å²) in [5.41, 5.74) is 3.70. The lowest BCUT2D eigenvalue weighted by Gasteiger charge is -2.46. The van der Waals surface area contributed by atoms with E-state index in [-0.39, 0.29) is 6.29 Å². The number of rotatable bonds is 5. The van der Waals surface area contributed by atoms with Crippen LogP contribution in [0.15, 0.2) is 36.5 Å². The van der Waals surface area contributed by atoms with Gasteiger partial charge in [-0.15, -0.1) is 0 Å². The van der Waals surface area contributed by atoms with Gasteiger partial charge in [0.2, 0.25) is 0 Å². The molecule has 160 valence electrons. The smallest absolute Gasteiger partial charge is 0.158 e. The minimum Gasteiger partial charge on any atom is -0.388 e. The van der Waals surface area contributed by atoms with Crippen LogP contribution in [0, 0.1) is 0 Å². The minimum absolute atomic E-state index is 0.346. The molecule has 0 amide bonds. The van der Waals surface area contributed by atoms with E-state index in [0.29, 0.717) is 13.0 Å². The van der Waals surface area contributed by atoms with E-state index in [0.717, 1.165) is 40.7 Å². The van der Waals surface area contributed by atoms with Gasteiger partial charge in [-0.05, 0) is 18.6 Å². The Morgan fingerprint density at radius 2 is 2.03 bits per heavy atom. The molecule has 0 saturated carbocycles. The summed E-state index contributed by atoms with van der Waals surface area (Å²) in [5.74, 6) is 0. The Morgan fingerprint density at radius 3 is 2.90 bits per heavy atom. The van der Waals surface area contributed by atoms with Crippen LogP contribution in [0.4, 0.5) is 0 Å². The number of hydrogen-bond acceptors (Lipinski definition) is 6. The first-order chi connectivity index (χ1) is 14.6. The molecule has 1 aromatic carbocycles. The zero-order valence-electron chi connectivity index (χ0n) is 16.8. The molecule has 0 aliphatic carbocycles. The number of aromatic nitrogens is 3. The number of benzene rings is 1. The van der Waals surface area contributed by atoms with Crippen molar-refractivity contribution >= 4 is 10.9 Å². The fourth-order valence-corrected chi connectivity index (χ4v) is 4.40. The van der Waals surface area contributed by atoms with E-state index in [4.69, 9.17) is 14.2 Å². The lowest BCUT2D eigenvalue weighted by molar-refractivity contribution is -0.325. The minimum atomic E-state index is -1.05. The first-order valence-electron chi connectivity index (χ1n) is 10.5. The number of aliphatic hydroxyl groups is 2. The lowest BCUT2D eigenvalue weighted by atomic mass is 9.92. The fraction of sp³-hybridized carbons (Fsp3) is 0.500. The second-order valence-corrected chi connectivity index (χ2v) is 8.08. The average Bonchev–Trinajstić information content (AvgIpc) is 3.39. The topological polar surface area (TPSA) is 113 Å². The number of ether oxygens (including phenoxy) is 3. The molecule has 6 unspecified atom stereocenters. The molecule has 2 aromatic heterocycles. The Morgan fingerprint density at radius 1 is 1.17 bits per heavy atom. The first-order valence-corrected chi connectivity index (χ1v) is 10.5. The zero-order valence-corrected chi connectivity index (χ0v) is 16.8. The number of hydrogen-bond donors (Lipinski definition) is 4. The number of aliphatic hydroxyl groups excluding tert-OH is 2. The molecular weight excluding hydrogens is 386 g/mol. The maximum absolute atomic E-state index is 10.7. The molecule has 2 aliphatic heterocycles. The highest BCUT2D eigenvalue weighted by Crippen LogP contribution is 2.32. The van der Waals surface area contributed by atoms with Gasteiger partial charge in [0.25, 0.3) is 0 Å². The van der Waals surface area contributed by atoms with Crippen LogP contribution in [-0.2, 0) is 20.6 Å². The van der Waals surface area contributed by atoms with Crippen LogP contribution < -0.4 is 0 Å². The molecule has 2 aliphatic rings. The number of nitrogens with zero attached hydrogens (tertiary/aromatic N) is 1. The number of fused-ring (bicyclic) bond motifs is 2. The zero-order chi connectivity index (χ0) is 20.7. The third-order valence-electron chi connectivity index (χ3n) is 5.98. The predicted octanol–water partition coefficient (Wildman–Crippen LogP) is 2.13. The van der Waals surface area contributed by atoms with E-state index in [1.165, 1.54) is 0 Å². The summed E-state index contributed by atoms with van der Waals surface area (Å²) in [6.07, 6.45) is 0.0196. The SMILES string of the molecule is CCCC1OCC2OC(Cc3cc(-c4c[nH]c5ccccc45)n[nH]3)C(O)C(O)C2O1. The van der Waals surface area contributed by atoms with E-state index in [1.54, 1.807) is 0 Å². The Kier molecular flexibility index (Phi) is 5.34. The Balaban J connectivity index is 1.30. The molecule has 2 fully saturated rings. The van der Waals surface area contributed by atoms with E-state index in [2.05, 4.69) is 21.2 Å². The summed E-state index contributed by atoms with van der Waals surface area (Å²) >= 11 is 0. The highest BCUT2D eigenvalue weighted by Gasteiger charge is 2.48. The lowest BCUT2D eigenvalue weighted by Crippen LogP contribution is -2.63. The molecule has 2 saturated heterocycles. The van der Waals surface area contributed by atoms with Crippen LogP contribution in [-0.4, -0.2) is 68.8 Å². The summed E-state index contributed by atoms with van der Waals surface area (Å²) < 4.78 is 17.6. The maximum Gasteiger partial charge on any atom is 0.158 e. The van der Waals surface area contributed by atoms with E-state index < -0.39 is 30.5 Å². The van der Waals surface area contributed by atoms with Crippen molar-refractivity contribution in [2.24, 2.45) is 0 Å². The van der Waals surface area contributed by atoms with Gasteiger partial charge in [-0.1, -0.05) is 31.5 Å². The molecular formula is C22H27N3O5. The molecule has 0 bridgehead atoms. The monoisotopic (exact) mass is 413 g/mol. The molecule has 4 N–H and O–H groups in total. The number of nitrogens with one attached hydrogen (secondary N) is 2. The predicted molar refractivity (Wildman–Crippen MR) is 110 cm³/mol. The van der Waals surface area contributed by atoms with Gasteiger partial charge in [0, 0.05) is 34.8 Å². The third kappa shape index (κ3) is 3.55. The standard InChI is InChI=1S/C22H27N3O5/c1-2-5-19-28-11-18-22(30-19)21(27)20(26)17(29-18)9-12-8-16(25-24-12)14-10-23-15-7-4-3-6-13(14)15/h3-4,6-8,10,17-23,26-27H,2,5,9,11H2,1H3,(H,24,25). The number of H-pyrrole nitrogens is 2. The number of aromatic amines is 2. The van der Waals surface area contributed by atoms with E-state index in [9.17, 15) is 10.2 Å². The van der Waals surface area contributed by atoms with Crippen LogP contribution in [0.1, 0.15) is 25.5 Å². The van der Waals surface area contributed by atoms with E-state index in [1.807, 2.05) is 37.4 Å². The number of para-hydroxylation sites is 1. The van der Waals surface area contributed by atoms with Gasteiger partial charge in [0.05, 0.1) is 18.4 Å². The molecule has 0 radical (unpaired) electrons. The van der Waals surface area contributed by atoms with Gasteiger partial charge in [-0.2, -0.15) is 5.10 Å². The Bertz CT molecular complexity index is 999. The van der Waals surface area contributed by atoms with Crippen LogP contribution in [0.25, 0.3) is 22.2 Å². The van der Waals surface area contributed by atoms with Crippen molar-refractivity contribution in [2.45, 2.75) is 63.0 Å². The van der Waals surface area contributed by atoms with Crippen molar-refractivity contribution in [3.8, 4) is 11.3 Å². The largest absolute Gasteiger partial charge is 0.388 e. The van der Waals surface area contributed by atoms with Gasteiger partial charge < -0.3 is 29.4 Å². The van der Waals surface area contributed by atoms with Gasteiger partial charge in [0.15, 0.2) is 6.29 Å². The molecule has 0 spiro atoms. The fourth-order valence-electron chi connectivity index (χ4n) is 4.40. The second-order valence-electron chi connectivity index (χ2n) is 8.08. The van der Waals surface area contributed by atoms with E-state index >= 15 is 0 Å². The highest BCUT2D eigenvalue weighted by molar-refractivity contribution is 5.94. The Hall–Kier alpha value is -2.23. The second kappa shape index (κ2) is 8.13. The van der Waals surface area contributed by atoms with Gasteiger partial charge in [-0.25, -0.2) is 0 Å². The summed E-state index contributed by atoms with van der Waals surface area (Å²) in [4.78, 5) is 3.25. The van der Waals surface area contributed by atoms with Crippen LogP contribution in [0.2, 0.25) is 0 Å². The summed E-state index contributed by atoms with van der Waals surface area (Å²) in [5, 5.41) is 29.9. The van der Waals surface area contributed by atoms with Crippen molar-refractivity contribution in [2.75, 3.05) is 6.61 Å². The summed E-state index contributed by atoms with van der Waals surface area (Å²) in [6.45, 7) is 2.39. The van der Waals surface area contributed by atoms with Gasteiger partial charge >= 0.3 is 0 Å². The molecule has 8 heteroatoms. The average molecular weight is 413 g/mol. The molecule has 6 atom stereocenters. The van der Waals surface area contributed by atoms with Crippen molar-refractivity contribution in [1.82, 2.24) is 15.2 Å². The van der Waals surface area contributed by atoms with Crippen molar-refractivity contribution < 1.29 is 24.4 Å². The van der Waals surface area contributed by atoms with Crippen molar-refractivity contribution in [1.29, 1.82) is 0 Å². The van der Waals surface area contributed by atoms with Crippen LogP contribution in [0.5, 0.6) is 0 Å². The Labute approximate surface area is 174 Å². The van der Waals surface area contributed by atoms with Crippen LogP contribution >= 0.6 is 0 Å². The molecule has 8 nitrogen and oxygen atoms in total.